The highest BCUT2D eigenvalue weighted by Gasteiger charge is 2.28. The summed E-state index contributed by atoms with van der Waals surface area (Å²) in [5.41, 5.74) is 1.79. The predicted octanol–water partition coefficient (Wildman–Crippen LogP) is 3.11. The van der Waals surface area contributed by atoms with Crippen molar-refractivity contribution in [3.63, 3.8) is 0 Å². The van der Waals surface area contributed by atoms with Crippen LogP contribution in [0.15, 0.2) is 36.5 Å². The average molecular weight is 343 g/mol. The number of nitrogens with zero attached hydrogens (tertiary/aromatic N) is 3. The normalized spacial score (nSPS) is 11.4. The summed E-state index contributed by atoms with van der Waals surface area (Å²) in [7, 11) is 0. The van der Waals surface area contributed by atoms with Crippen LogP contribution in [0.5, 0.6) is 0 Å². The highest BCUT2D eigenvalue weighted by Crippen LogP contribution is 2.26. The number of carboxylic acid groups (broad SMARTS) is 1. The quantitative estimate of drug-likeness (QED) is 0.874. The first-order valence-corrected chi connectivity index (χ1v) is 8.40. The summed E-state index contributed by atoms with van der Waals surface area (Å²) in [4.78, 5) is 25.4. The summed E-state index contributed by atoms with van der Waals surface area (Å²) in [6.07, 6.45) is 1.67. The van der Waals surface area contributed by atoms with E-state index in [4.69, 9.17) is 5.11 Å². The van der Waals surface area contributed by atoms with Crippen molar-refractivity contribution in [3.05, 3.63) is 47.8 Å². The third-order valence-electron chi connectivity index (χ3n) is 3.94. The van der Waals surface area contributed by atoms with E-state index in [-0.39, 0.29) is 24.3 Å². The summed E-state index contributed by atoms with van der Waals surface area (Å²) in [6, 6.07) is 9.61. The van der Waals surface area contributed by atoms with Gasteiger partial charge >= 0.3 is 5.97 Å². The molecule has 0 fully saturated rings. The Hall–Kier alpha value is -2.63. The van der Waals surface area contributed by atoms with Gasteiger partial charge < -0.3 is 10.0 Å². The van der Waals surface area contributed by atoms with E-state index in [9.17, 15) is 9.59 Å². The van der Waals surface area contributed by atoms with Gasteiger partial charge in [-0.1, -0.05) is 39.0 Å². The molecule has 134 valence electrons. The molecule has 0 saturated carbocycles. The topological polar surface area (TPSA) is 75.4 Å². The lowest BCUT2D eigenvalue weighted by atomic mass is 9.89. The minimum atomic E-state index is -0.915. The van der Waals surface area contributed by atoms with Crippen molar-refractivity contribution in [2.45, 2.75) is 39.5 Å². The smallest absolute Gasteiger partial charge is 0.305 e. The van der Waals surface area contributed by atoms with E-state index in [2.05, 4.69) is 5.10 Å². The van der Waals surface area contributed by atoms with Crippen LogP contribution in [0.25, 0.3) is 5.69 Å². The molecule has 6 nitrogen and oxygen atoms in total. The van der Waals surface area contributed by atoms with Crippen LogP contribution in [0.2, 0.25) is 0 Å². The fourth-order valence-corrected chi connectivity index (χ4v) is 2.60. The number of aromatic nitrogens is 2. The average Bonchev–Trinajstić information content (AvgIpc) is 3.01. The van der Waals surface area contributed by atoms with Crippen LogP contribution < -0.4 is 0 Å². The predicted molar refractivity (Wildman–Crippen MR) is 96.1 cm³/mol. The first kappa shape index (κ1) is 18.7. The minimum Gasteiger partial charge on any atom is -0.481 e. The van der Waals surface area contributed by atoms with Crippen molar-refractivity contribution in [2.75, 3.05) is 13.1 Å². The molecule has 1 amide bonds. The summed E-state index contributed by atoms with van der Waals surface area (Å²) >= 11 is 0. The number of aliphatic carboxylic acids is 1. The van der Waals surface area contributed by atoms with Gasteiger partial charge in [0.15, 0.2) is 0 Å². The van der Waals surface area contributed by atoms with E-state index in [0.717, 1.165) is 5.69 Å². The van der Waals surface area contributed by atoms with E-state index in [0.29, 0.717) is 17.8 Å². The second-order valence-corrected chi connectivity index (χ2v) is 6.95. The fraction of sp³-hybridized carbons (Fsp3) is 0.421. The van der Waals surface area contributed by atoms with E-state index >= 15 is 0 Å². The Bertz CT molecular complexity index is 745. The van der Waals surface area contributed by atoms with Crippen molar-refractivity contribution in [1.29, 1.82) is 0 Å². The maximum Gasteiger partial charge on any atom is 0.305 e. The van der Waals surface area contributed by atoms with Gasteiger partial charge in [-0.15, -0.1) is 0 Å². The number of benzene rings is 1. The Morgan fingerprint density at radius 2 is 1.84 bits per heavy atom. The molecular formula is C19H25N3O3. The lowest BCUT2D eigenvalue weighted by Gasteiger charge is -2.22. The Balaban J connectivity index is 2.42. The molecule has 0 spiro atoms. The maximum absolute atomic E-state index is 13.0. The molecule has 0 unspecified atom stereocenters. The van der Waals surface area contributed by atoms with Gasteiger partial charge in [0.1, 0.15) is 0 Å². The van der Waals surface area contributed by atoms with E-state index in [1.54, 1.807) is 15.8 Å². The van der Waals surface area contributed by atoms with Crippen molar-refractivity contribution < 1.29 is 14.7 Å². The molecule has 0 aliphatic heterocycles. The Morgan fingerprint density at radius 1 is 1.20 bits per heavy atom. The van der Waals surface area contributed by atoms with Crippen LogP contribution in [-0.4, -0.2) is 44.8 Å². The third-order valence-corrected chi connectivity index (χ3v) is 3.94. The molecule has 1 N–H and O–H groups in total. The number of hydrogen-bond acceptors (Lipinski definition) is 3. The molecular weight excluding hydrogens is 318 g/mol. The number of para-hydroxylation sites is 1. The molecule has 25 heavy (non-hydrogen) atoms. The highest BCUT2D eigenvalue weighted by atomic mass is 16.4. The van der Waals surface area contributed by atoms with Crippen LogP contribution in [0.4, 0.5) is 0 Å². The molecule has 0 aliphatic rings. The van der Waals surface area contributed by atoms with Crippen molar-refractivity contribution in [3.8, 4) is 5.69 Å². The Labute approximate surface area is 148 Å². The number of carbonyl (C=O) groups is 2. The van der Waals surface area contributed by atoms with Crippen molar-refractivity contribution in [2.24, 2.45) is 0 Å². The Kier molecular flexibility index (Phi) is 5.62. The monoisotopic (exact) mass is 343 g/mol. The van der Waals surface area contributed by atoms with Gasteiger partial charge in [0.05, 0.1) is 23.4 Å². The molecule has 0 saturated heterocycles. The van der Waals surface area contributed by atoms with Crippen LogP contribution in [-0.2, 0) is 10.2 Å². The van der Waals surface area contributed by atoms with Crippen LogP contribution in [0.1, 0.15) is 50.2 Å². The SMILES string of the molecule is CCN(CCC(=O)O)C(=O)c1cn(-c2ccccc2)nc1C(C)(C)C. The lowest BCUT2D eigenvalue weighted by Crippen LogP contribution is -2.34. The summed E-state index contributed by atoms with van der Waals surface area (Å²) in [6.45, 7) is 8.51. The van der Waals surface area contributed by atoms with Crippen LogP contribution >= 0.6 is 0 Å². The minimum absolute atomic E-state index is 0.0722. The zero-order chi connectivity index (χ0) is 18.6. The standard InChI is InChI=1S/C19H25N3O3/c1-5-21(12-11-16(23)24)18(25)15-13-22(14-9-7-6-8-10-14)20-17(15)19(2,3)4/h6-10,13H,5,11-12H2,1-4H3,(H,23,24). The molecule has 0 atom stereocenters. The van der Waals surface area contributed by atoms with E-state index in [1.807, 2.05) is 58.0 Å². The number of hydrogen-bond donors (Lipinski definition) is 1. The summed E-state index contributed by atoms with van der Waals surface area (Å²) in [5, 5.41) is 13.5. The maximum atomic E-state index is 13.0. The first-order chi connectivity index (χ1) is 11.7. The zero-order valence-corrected chi connectivity index (χ0v) is 15.2. The third kappa shape index (κ3) is 4.47. The lowest BCUT2D eigenvalue weighted by molar-refractivity contribution is -0.137. The van der Waals surface area contributed by atoms with Gasteiger partial charge in [-0.2, -0.15) is 5.10 Å². The molecule has 0 bridgehead atoms. The molecule has 0 aliphatic carbocycles. The molecule has 1 aromatic heterocycles. The van der Waals surface area contributed by atoms with Gasteiger partial charge in [0.25, 0.3) is 5.91 Å². The highest BCUT2D eigenvalue weighted by molar-refractivity contribution is 5.95. The molecule has 2 aromatic rings. The number of amides is 1. The fourth-order valence-electron chi connectivity index (χ4n) is 2.60. The van der Waals surface area contributed by atoms with Crippen molar-refractivity contribution >= 4 is 11.9 Å². The summed E-state index contributed by atoms with van der Waals surface area (Å²) in [5.74, 6) is -1.10. The second kappa shape index (κ2) is 7.51. The number of carboxylic acids is 1. The van der Waals surface area contributed by atoms with Gasteiger partial charge in [0, 0.05) is 24.7 Å². The first-order valence-electron chi connectivity index (χ1n) is 8.40. The Morgan fingerprint density at radius 3 is 2.36 bits per heavy atom. The van der Waals surface area contributed by atoms with Gasteiger partial charge in [0.2, 0.25) is 0 Å². The molecule has 6 heteroatoms. The summed E-state index contributed by atoms with van der Waals surface area (Å²) < 4.78 is 1.71. The second-order valence-electron chi connectivity index (χ2n) is 6.95. The molecule has 1 aromatic carbocycles. The van der Waals surface area contributed by atoms with Gasteiger partial charge in [-0.05, 0) is 19.1 Å². The van der Waals surface area contributed by atoms with Gasteiger partial charge in [-0.3, -0.25) is 9.59 Å². The molecule has 1 heterocycles. The van der Waals surface area contributed by atoms with E-state index in [1.165, 1.54) is 0 Å². The van der Waals surface area contributed by atoms with Gasteiger partial charge in [-0.25, -0.2) is 4.68 Å². The number of carbonyl (C=O) groups excluding carboxylic acids is 1. The largest absolute Gasteiger partial charge is 0.481 e. The molecule has 2 rings (SSSR count). The van der Waals surface area contributed by atoms with Crippen LogP contribution in [0, 0.1) is 0 Å². The van der Waals surface area contributed by atoms with Crippen LogP contribution in [0.3, 0.4) is 0 Å². The van der Waals surface area contributed by atoms with E-state index < -0.39 is 5.97 Å². The molecule has 0 radical (unpaired) electrons. The zero-order valence-electron chi connectivity index (χ0n) is 15.2. The number of rotatable bonds is 6. The van der Waals surface area contributed by atoms with Crippen molar-refractivity contribution in [1.82, 2.24) is 14.7 Å².